The van der Waals surface area contributed by atoms with E-state index in [9.17, 15) is 0 Å². The molecule has 1 aliphatic rings. The number of rotatable bonds is 4. The second kappa shape index (κ2) is 6.52. The van der Waals surface area contributed by atoms with E-state index < -0.39 is 0 Å². The molecule has 0 spiro atoms. The summed E-state index contributed by atoms with van der Waals surface area (Å²) in [6.07, 6.45) is 1.80. The van der Waals surface area contributed by atoms with Gasteiger partial charge in [0, 0.05) is 41.7 Å². The van der Waals surface area contributed by atoms with Crippen LogP contribution < -0.4 is 10.2 Å². The van der Waals surface area contributed by atoms with Crippen molar-refractivity contribution in [1.29, 1.82) is 0 Å². The number of hydrogen-bond acceptors (Lipinski definition) is 6. The summed E-state index contributed by atoms with van der Waals surface area (Å²) in [7, 11) is 0. The molecule has 26 heavy (non-hydrogen) atoms. The van der Waals surface area contributed by atoms with Crippen LogP contribution in [0.4, 0.5) is 11.6 Å². The molecule has 134 valence electrons. The van der Waals surface area contributed by atoms with E-state index in [0.717, 1.165) is 47.7 Å². The summed E-state index contributed by atoms with van der Waals surface area (Å²) in [5.74, 6) is 2.38. The van der Waals surface area contributed by atoms with Gasteiger partial charge in [-0.3, -0.25) is 0 Å². The van der Waals surface area contributed by atoms with Crippen LogP contribution in [0.1, 0.15) is 26.5 Å². The molecule has 6 heteroatoms. The highest BCUT2D eigenvalue weighted by atomic mass is 15.3. The molecule has 3 heterocycles. The molecule has 3 aromatic rings. The topological polar surface area (TPSA) is 66.8 Å². The Kier molecular flexibility index (Phi) is 4.18. The van der Waals surface area contributed by atoms with Gasteiger partial charge in [-0.15, -0.1) is 10.2 Å². The number of aromatic nitrogens is 4. The van der Waals surface area contributed by atoms with E-state index in [1.165, 1.54) is 0 Å². The minimum Gasteiger partial charge on any atom is -0.368 e. The average molecular weight is 348 g/mol. The van der Waals surface area contributed by atoms with Gasteiger partial charge >= 0.3 is 0 Å². The summed E-state index contributed by atoms with van der Waals surface area (Å²) in [5.41, 5.74) is 1.06. The predicted molar refractivity (Wildman–Crippen MR) is 104 cm³/mol. The SMILES string of the molecule is CC(C)(C)c1ccc(N2CC(CNc3nncc4ccccc34)C2)nn1. The average Bonchev–Trinajstić information content (AvgIpc) is 2.60. The molecule has 1 fully saturated rings. The van der Waals surface area contributed by atoms with Crippen molar-refractivity contribution in [3.63, 3.8) is 0 Å². The molecule has 0 atom stereocenters. The number of hydrogen-bond donors (Lipinski definition) is 1. The largest absolute Gasteiger partial charge is 0.368 e. The lowest BCUT2D eigenvalue weighted by atomic mass is 9.92. The van der Waals surface area contributed by atoms with Gasteiger partial charge in [-0.05, 0) is 12.1 Å². The normalized spacial score (nSPS) is 15.1. The van der Waals surface area contributed by atoms with Crippen molar-refractivity contribution in [1.82, 2.24) is 20.4 Å². The summed E-state index contributed by atoms with van der Waals surface area (Å²) in [6, 6.07) is 12.3. The lowest BCUT2D eigenvalue weighted by Crippen LogP contribution is -2.50. The first-order valence-electron chi connectivity index (χ1n) is 9.04. The third-order valence-corrected chi connectivity index (χ3v) is 4.83. The van der Waals surface area contributed by atoms with Crippen LogP contribution in [0.2, 0.25) is 0 Å². The van der Waals surface area contributed by atoms with Crippen molar-refractivity contribution in [3.05, 3.63) is 48.3 Å². The summed E-state index contributed by atoms with van der Waals surface area (Å²) >= 11 is 0. The molecular weight excluding hydrogens is 324 g/mol. The molecule has 0 saturated carbocycles. The molecule has 1 N–H and O–H groups in total. The van der Waals surface area contributed by atoms with Crippen LogP contribution in [0.5, 0.6) is 0 Å². The lowest BCUT2D eigenvalue weighted by Gasteiger charge is -2.40. The Labute approximate surface area is 153 Å². The van der Waals surface area contributed by atoms with Crippen LogP contribution in [-0.4, -0.2) is 40.0 Å². The van der Waals surface area contributed by atoms with E-state index in [1.54, 1.807) is 6.20 Å². The van der Waals surface area contributed by atoms with Gasteiger partial charge in [0.2, 0.25) is 0 Å². The minimum atomic E-state index is 0.0342. The summed E-state index contributed by atoms with van der Waals surface area (Å²) in [4.78, 5) is 2.26. The molecule has 0 aliphatic carbocycles. The molecule has 0 unspecified atom stereocenters. The molecule has 1 aliphatic heterocycles. The summed E-state index contributed by atoms with van der Waals surface area (Å²) < 4.78 is 0. The fourth-order valence-corrected chi connectivity index (χ4v) is 3.18. The molecule has 2 aromatic heterocycles. The maximum atomic E-state index is 4.39. The second-order valence-corrected chi connectivity index (χ2v) is 7.96. The fourth-order valence-electron chi connectivity index (χ4n) is 3.18. The first kappa shape index (κ1) is 16.7. The third kappa shape index (κ3) is 3.31. The number of nitrogens with one attached hydrogen (secondary N) is 1. The maximum Gasteiger partial charge on any atom is 0.156 e. The smallest absolute Gasteiger partial charge is 0.156 e. The zero-order valence-corrected chi connectivity index (χ0v) is 15.5. The van der Waals surface area contributed by atoms with Gasteiger partial charge in [-0.25, -0.2) is 0 Å². The van der Waals surface area contributed by atoms with Crippen LogP contribution >= 0.6 is 0 Å². The lowest BCUT2D eigenvalue weighted by molar-refractivity contribution is 0.424. The Hall–Kier alpha value is -2.76. The quantitative estimate of drug-likeness (QED) is 0.780. The van der Waals surface area contributed by atoms with Crippen LogP contribution in [-0.2, 0) is 5.41 Å². The molecule has 4 rings (SSSR count). The van der Waals surface area contributed by atoms with E-state index >= 15 is 0 Å². The van der Waals surface area contributed by atoms with Crippen molar-refractivity contribution >= 4 is 22.4 Å². The Morgan fingerprint density at radius 2 is 1.85 bits per heavy atom. The van der Waals surface area contributed by atoms with Crippen molar-refractivity contribution in [2.75, 3.05) is 29.9 Å². The van der Waals surface area contributed by atoms with Crippen molar-refractivity contribution in [2.24, 2.45) is 5.92 Å². The van der Waals surface area contributed by atoms with Crippen LogP contribution in [0.3, 0.4) is 0 Å². The highest BCUT2D eigenvalue weighted by molar-refractivity contribution is 5.90. The van der Waals surface area contributed by atoms with Crippen LogP contribution in [0.15, 0.2) is 42.6 Å². The van der Waals surface area contributed by atoms with E-state index in [0.29, 0.717) is 5.92 Å². The highest BCUT2D eigenvalue weighted by Crippen LogP contribution is 2.26. The van der Waals surface area contributed by atoms with E-state index in [1.807, 2.05) is 12.1 Å². The van der Waals surface area contributed by atoms with Crippen LogP contribution in [0, 0.1) is 5.92 Å². The standard InChI is InChI=1S/C20H24N6/c1-20(2,3)17-8-9-18(24-23-17)26-12-14(13-26)10-21-19-16-7-5-4-6-15(16)11-22-25-19/h4-9,11,14H,10,12-13H2,1-3H3,(H,21,25). The zero-order chi connectivity index (χ0) is 18.1. The molecule has 1 aromatic carbocycles. The van der Waals surface area contributed by atoms with Gasteiger partial charge in [-0.2, -0.15) is 10.2 Å². The van der Waals surface area contributed by atoms with E-state index in [-0.39, 0.29) is 5.41 Å². The molecular formula is C20H24N6. The van der Waals surface area contributed by atoms with Gasteiger partial charge in [0.15, 0.2) is 11.6 Å². The Morgan fingerprint density at radius 1 is 1.04 bits per heavy atom. The fraction of sp³-hybridized carbons (Fsp3) is 0.400. The number of benzene rings is 1. The number of anilines is 2. The predicted octanol–water partition coefficient (Wildman–Crippen LogP) is 3.27. The maximum absolute atomic E-state index is 4.39. The highest BCUT2D eigenvalue weighted by Gasteiger charge is 2.28. The second-order valence-electron chi connectivity index (χ2n) is 7.96. The number of nitrogens with zero attached hydrogens (tertiary/aromatic N) is 5. The third-order valence-electron chi connectivity index (χ3n) is 4.83. The Morgan fingerprint density at radius 3 is 2.58 bits per heavy atom. The van der Waals surface area contributed by atoms with Gasteiger partial charge in [0.25, 0.3) is 0 Å². The number of fused-ring (bicyclic) bond motifs is 1. The molecule has 0 radical (unpaired) electrons. The summed E-state index contributed by atoms with van der Waals surface area (Å²) in [6.45, 7) is 9.30. The first-order chi connectivity index (χ1) is 12.5. The van der Waals surface area contributed by atoms with Crippen molar-refractivity contribution < 1.29 is 0 Å². The van der Waals surface area contributed by atoms with Crippen molar-refractivity contribution in [2.45, 2.75) is 26.2 Å². The zero-order valence-electron chi connectivity index (χ0n) is 15.5. The van der Waals surface area contributed by atoms with E-state index in [2.05, 4.69) is 75.6 Å². The molecule has 1 saturated heterocycles. The Bertz CT molecular complexity index is 889. The minimum absolute atomic E-state index is 0.0342. The van der Waals surface area contributed by atoms with Crippen molar-refractivity contribution in [3.8, 4) is 0 Å². The van der Waals surface area contributed by atoms with Gasteiger partial charge in [0.05, 0.1) is 11.9 Å². The van der Waals surface area contributed by atoms with Gasteiger partial charge < -0.3 is 10.2 Å². The molecule has 6 nitrogen and oxygen atoms in total. The van der Waals surface area contributed by atoms with E-state index in [4.69, 9.17) is 0 Å². The molecule has 0 amide bonds. The Balaban J connectivity index is 1.34. The van der Waals surface area contributed by atoms with Gasteiger partial charge in [-0.1, -0.05) is 45.0 Å². The monoisotopic (exact) mass is 348 g/mol. The summed E-state index contributed by atoms with van der Waals surface area (Å²) in [5, 5.41) is 22.8. The van der Waals surface area contributed by atoms with Crippen LogP contribution in [0.25, 0.3) is 10.8 Å². The first-order valence-corrected chi connectivity index (χ1v) is 9.04. The molecule has 0 bridgehead atoms. The van der Waals surface area contributed by atoms with Gasteiger partial charge in [0.1, 0.15) is 0 Å².